The summed E-state index contributed by atoms with van der Waals surface area (Å²) in [5.74, 6) is 0.511. The van der Waals surface area contributed by atoms with Crippen LogP contribution in [-0.2, 0) is 22.7 Å². The molecule has 4 unspecified atom stereocenters. The number of carbonyl (C=O) groups is 2. The SMILES string of the molecule is CC(=O)NCCNC(=O)C1CN2CCC1CC2Cn1cc(CN(C)C)nn1. The smallest absolute Gasteiger partial charge is 0.224 e. The van der Waals surface area contributed by atoms with Crippen molar-refractivity contribution in [3.63, 3.8) is 0 Å². The summed E-state index contributed by atoms with van der Waals surface area (Å²) in [7, 11) is 4.04. The van der Waals surface area contributed by atoms with E-state index in [0.29, 0.717) is 25.0 Å². The molecule has 27 heavy (non-hydrogen) atoms. The van der Waals surface area contributed by atoms with Crippen LogP contribution < -0.4 is 10.6 Å². The molecular formula is C18H31N7O2. The molecule has 4 atom stereocenters. The average molecular weight is 377 g/mol. The number of rotatable bonds is 8. The number of hydrogen-bond acceptors (Lipinski definition) is 6. The number of carbonyl (C=O) groups excluding carboxylic acids is 2. The fourth-order valence-corrected chi connectivity index (χ4v) is 4.22. The zero-order chi connectivity index (χ0) is 19.4. The summed E-state index contributed by atoms with van der Waals surface area (Å²) >= 11 is 0. The summed E-state index contributed by atoms with van der Waals surface area (Å²) in [4.78, 5) is 27.9. The third kappa shape index (κ3) is 5.26. The van der Waals surface area contributed by atoms with Crippen LogP contribution in [0.2, 0.25) is 0 Å². The van der Waals surface area contributed by atoms with Crippen molar-refractivity contribution in [2.75, 3.05) is 40.3 Å². The van der Waals surface area contributed by atoms with Gasteiger partial charge >= 0.3 is 0 Å². The van der Waals surface area contributed by atoms with E-state index < -0.39 is 0 Å². The topological polar surface area (TPSA) is 95.4 Å². The van der Waals surface area contributed by atoms with Gasteiger partial charge in [-0.15, -0.1) is 5.10 Å². The summed E-state index contributed by atoms with van der Waals surface area (Å²) < 4.78 is 1.94. The summed E-state index contributed by atoms with van der Waals surface area (Å²) in [6.45, 7) is 5.91. The van der Waals surface area contributed by atoms with Gasteiger partial charge in [-0.2, -0.15) is 0 Å². The highest BCUT2D eigenvalue weighted by molar-refractivity contribution is 5.79. The van der Waals surface area contributed by atoms with Crippen LogP contribution in [0.25, 0.3) is 0 Å². The van der Waals surface area contributed by atoms with Crippen molar-refractivity contribution < 1.29 is 9.59 Å². The van der Waals surface area contributed by atoms with Gasteiger partial charge < -0.3 is 15.5 Å². The first-order chi connectivity index (χ1) is 12.9. The molecule has 3 fully saturated rings. The minimum Gasteiger partial charge on any atom is -0.355 e. The Labute approximate surface area is 160 Å². The van der Waals surface area contributed by atoms with Crippen molar-refractivity contribution >= 4 is 11.8 Å². The number of amides is 2. The molecule has 0 aromatic carbocycles. The second kappa shape index (κ2) is 8.79. The number of nitrogens with one attached hydrogen (secondary N) is 2. The van der Waals surface area contributed by atoms with E-state index in [2.05, 4.69) is 30.7 Å². The third-order valence-corrected chi connectivity index (χ3v) is 5.48. The van der Waals surface area contributed by atoms with E-state index >= 15 is 0 Å². The second-order valence-corrected chi connectivity index (χ2v) is 7.98. The van der Waals surface area contributed by atoms with E-state index in [9.17, 15) is 9.59 Å². The van der Waals surface area contributed by atoms with Crippen LogP contribution in [0, 0.1) is 11.8 Å². The molecule has 2 N–H and O–H groups in total. The van der Waals surface area contributed by atoms with Crippen LogP contribution in [0.4, 0.5) is 0 Å². The van der Waals surface area contributed by atoms with Gasteiger partial charge in [-0.25, -0.2) is 0 Å². The molecule has 2 bridgehead atoms. The molecule has 3 aliphatic rings. The lowest BCUT2D eigenvalue weighted by molar-refractivity contribution is -0.133. The molecule has 3 saturated heterocycles. The van der Waals surface area contributed by atoms with Crippen molar-refractivity contribution in [2.45, 2.75) is 38.9 Å². The minimum atomic E-state index is -0.0724. The highest BCUT2D eigenvalue weighted by atomic mass is 16.2. The molecule has 0 aliphatic carbocycles. The van der Waals surface area contributed by atoms with E-state index in [1.807, 2.05) is 25.0 Å². The van der Waals surface area contributed by atoms with Gasteiger partial charge in [-0.05, 0) is 39.4 Å². The van der Waals surface area contributed by atoms with Crippen LogP contribution in [0.5, 0.6) is 0 Å². The van der Waals surface area contributed by atoms with Gasteiger partial charge in [0.25, 0.3) is 0 Å². The monoisotopic (exact) mass is 377 g/mol. The molecule has 1 aromatic rings. The quantitative estimate of drug-likeness (QED) is 0.582. The lowest BCUT2D eigenvalue weighted by Gasteiger charge is -2.49. The number of piperidine rings is 3. The summed E-state index contributed by atoms with van der Waals surface area (Å²) in [6, 6.07) is 0.418. The Bertz CT molecular complexity index is 660. The van der Waals surface area contributed by atoms with Gasteiger partial charge in [0.05, 0.1) is 18.2 Å². The first-order valence-electron chi connectivity index (χ1n) is 9.72. The Morgan fingerprint density at radius 3 is 2.74 bits per heavy atom. The van der Waals surface area contributed by atoms with Gasteiger partial charge in [0, 0.05) is 45.3 Å². The van der Waals surface area contributed by atoms with Gasteiger partial charge in [-0.1, -0.05) is 5.21 Å². The highest BCUT2D eigenvalue weighted by Gasteiger charge is 2.43. The van der Waals surface area contributed by atoms with Crippen LogP contribution in [0.1, 0.15) is 25.5 Å². The van der Waals surface area contributed by atoms with Gasteiger partial charge in [0.1, 0.15) is 0 Å². The molecule has 0 saturated carbocycles. The maximum Gasteiger partial charge on any atom is 0.224 e. The maximum atomic E-state index is 12.5. The molecule has 0 spiro atoms. The van der Waals surface area contributed by atoms with Crippen LogP contribution in [0.3, 0.4) is 0 Å². The molecule has 150 valence electrons. The Hall–Kier alpha value is -2.00. The molecule has 9 nitrogen and oxygen atoms in total. The lowest BCUT2D eigenvalue weighted by atomic mass is 9.75. The van der Waals surface area contributed by atoms with Crippen LogP contribution >= 0.6 is 0 Å². The van der Waals surface area contributed by atoms with Crippen molar-refractivity contribution in [1.29, 1.82) is 0 Å². The van der Waals surface area contributed by atoms with Crippen molar-refractivity contribution in [2.24, 2.45) is 11.8 Å². The largest absolute Gasteiger partial charge is 0.355 e. The van der Waals surface area contributed by atoms with Crippen molar-refractivity contribution in [1.82, 2.24) is 35.4 Å². The summed E-state index contributed by atoms with van der Waals surface area (Å²) in [6.07, 6.45) is 4.12. The van der Waals surface area contributed by atoms with Crippen LogP contribution in [-0.4, -0.2) is 82.9 Å². The number of nitrogens with zero attached hydrogens (tertiary/aromatic N) is 5. The fourth-order valence-electron chi connectivity index (χ4n) is 4.22. The van der Waals surface area contributed by atoms with Crippen LogP contribution in [0.15, 0.2) is 6.20 Å². The molecule has 2 amide bonds. The number of aromatic nitrogens is 3. The Morgan fingerprint density at radius 2 is 2.07 bits per heavy atom. The average Bonchev–Trinajstić information content (AvgIpc) is 3.05. The number of hydrogen-bond donors (Lipinski definition) is 2. The number of fused-ring (bicyclic) bond motifs is 3. The lowest BCUT2D eigenvalue weighted by Crippen LogP contribution is -2.58. The molecule has 9 heteroatoms. The predicted octanol–water partition coefficient (Wildman–Crippen LogP) is -0.698. The minimum absolute atomic E-state index is 0.0485. The first kappa shape index (κ1) is 19.8. The second-order valence-electron chi connectivity index (χ2n) is 7.98. The zero-order valence-electron chi connectivity index (χ0n) is 16.5. The van der Waals surface area contributed by atoms with Crippen molar-refractivity contribution in [3.8, 4) is 0 Å². The fraction of sp³-hybridized carbons (Fsp3) is 0.778. The Morgan fingerprint density at radius 1 is 1.30 bits per heavy atom. The van der Waals surface area contributed by atoms with E-state index in [1.54, 1.807) is 0 Å². The van der Waals surface area contributed by atoms with Gasteiger partial charge in [-0.3, -0.25) is 19.2 Å². The molecule has 4 rings (SSSR count). The maximum absolute atomic E-state index is 12.5. The molecule has 0 radical (unpaired) electrons. The normalized spacial score (nSPS) is 27.0. The zero-order valence-corrected chi connectivity index (χ0v) is 16.5. The first-order valence-corrected chi connectivity index (χ1v) is 9.72. The van der Waals surface area contributed by atoms with Gasteiger partial charge in [0.2, 0.25) is 11.8 Å². The molecule has 3 aliphatic heterocycles. The Balaban J connectivity index is 1.49. The van der Waals surface area contributed by atoms with E-state index in [0.717, 1.165) is 44.7 Å². The van der Waals surface area contributed by atoms with Gasteiger partial charge in [0.15, 0.2) is 0 Å². The predicted molar refractivity (Wildman–Crippen MR) is 101 cm³/mol. The van der Waals surface area contributed by atoms with E-state index in [-0.39, 0.29) is 17.7 Å². The standard InChI is InChI=1S/C18H31N7O2/c1-13(26)19-5-6-20-18(27)17-12-24-7-4-14(17)8-16(24)11-25-10-15(21-22-25)9-23(2)3/h10,14,16-17H,4-9,11-12H2,1-3H3,(H,19,26)(H,20,27). The Kier molecular flexibility index (Phi) is 6.43. The van der Waals surface area contributed by atoms with E-state index in [4.69, 9.17) is 0 Å². The highest BCUT2D eigenvalue weighted by Crippen LogP contribution is 2.36. The van der Waals surface area contributed by atoms with Crippen molar-refractivity contribution in [3.05, 3.63) is 11.9 Å². The molecule has 1 aromatic heterocycles. The molecular weight excluding hydrogens is 346 g/mol. The third-order valence-electron chi connectivity index (χ3n) is 5.48. The summed E-state index contributed by atoms with van der Waals surface area (Å²) in [5, 5.41) is 14.2. The molecule has 4 heterocycles. The summed E-state index contributed by atoms with van der Waals surface area (Å²) in [5.41, 5.74) is 0.979. The van der Waals surface area contributed by atoms with E-state index in [1.165, 1.54) is 6.92 Å².